The van der Waals surface area contributed by atoms with Crippen molar-refractivity contribution in [3.8, 4) is 0 Å². The van der Waals surface area contributed by atoms with E-state index in [1.54, 1.807) is 12.4 Å². The SMILES string of the molecule is Cc1cnc(C(N)=NCC(C)C)cn1. The zero-order chi connectivity index (χ0) is 10.6. The van der Waals surface area contributed by atoms with Crippen molar-refractivity contribution < 1.29 is 0 Å². The van der Waals surface area contributed by atoms with E-state index in [1.807, 2.05) is 6.92 Å². The van der Waals surface area contributed by atoms with Crippen LogP contribution in [0.4, 0.5) is 0 Å². The molecule has 14 heavy (non-hydrogen) atoms. The van der Waals surface area contributed by atoms with Crippen LogP contribution in [0.15, 0.2) is 17.4 Å². The highest BCUT2D eigenvalue weighted by molar-refractivity contribution is 5.95. The fourth-order valence-electron chi connectivity index (χ4n) is 0.887. The van der Waals surface area contributed by atoms with Crippen LogP contribution in [0, 0.1) is 12.8 Å². The molecule has 0 saturated heterocycles. The first-order chi connectivity index (χ1) is 6.59. The highest BCUT2D eigenvalue weighted by Gasteiger charge is 2.00. The van der Waals surface area contributed by atoms with Gasteiger partial charge in [-0.3, -0.25) is 9.98 Å². The molecule has 0 aliphatic heterocycles. The second kappa shape index (κ2) is 4.69. The Morgan fingerprint density at radius 2 is 2.14 bits per heavy atom. The van der Waals surface area contributed by atoms with Crippen molar-refractivity contribution in [3.05, 3.63) is 23.8 Å². The molecule has 1 rings (SSSR count). The molecular formula is C10H16N4. The van der Waals surface area contributed by atoms with Gasteiger partial charge < -0.3 is 5.73 Å². The Kier molecular flexibility index (Phi) is 3.56. The molecule has 1 aromatic rings. The third kappa shape index (κ3) is 3.12. The van der Waals surface area contributed by atoms with E-state index in [0.717, 1.165) is 12.2 Å². The molecule has 4 heteroatoms. The standard InChI is InChI=1S/C10H16N4/c1-7(2)4-14-10(11)9-6-12-8(3)5-13-9/h5-7H,4H2,1-3H3,(H2,11,14). The molecule has 1 heterocycles. The number of aliphatic imine (C=N–C) groups is 1. The van der Waals surface area contributed by atoms with Gasteiger partial charge in [-0.2, -0.15) is 0 Å². The molecule has 0 aliphatic rings. The number of nitrogens with zero attached hydrogens (tertiary/aromatic N) is 3. The second-order valence-electron chi connectivity index (χ2n) is 3.66. The summed E-state index contributed by atoms with van der Waals surface area (Å²) in [5, 5.41) is 0. The van der Waals surface area contributed by atoms with Crippen molar-refractivity contribution in [2.24, 2.45) is 16.6 Å². The lowest BCUT2D eigenvalue weighted by atomic mass is 10.2. The number of aromatic nitrogens is 2. The molecule has 0 radical (unpaired) electrons. The average Bonchev–Trinajstić information content (AvgIpc) is 2.15. The van der Waals surface area contributed by atoms with Crippen LogP contribution < -0.4 is 5.73 Å². The highest BCUT2D eigenvalue weighted by Crippen LogP contribution is 1.96. The second-order valence-corrected chi connectivity index (χ2v) is 3.66. The van der Waals surface area contributed by atoms with Gasteiger partial charge in [0.1, 0.15) is 11.5 Å². The van der Waals surface area contributed by atoms with E-state index in [-0.39, 0.29) is 0 Å². The molecule has 0 unspecified atom stereocenters. The fourth-order valence-corrected chi connectivity index (χ4v) is 0.887. The number of hydrogen-bond donors (Lipinski definition) is 1. The largest absolute Gasteiger partial charge is 0.382 e. The molecule has 0 aromatic carbocycles. The topological polar surface area (TPSA) is 64.2 Å². The Morgan fingerprint density at radius 3 is 2.64 bits per heavy atom. The Balaban J connectivity index is 2.73. The van der Waals surface area contributed by atoms with Gasteiger partial charge in [0.25, 0.3) is 0 Å². The van der Waals surface area contributed by atoms with Crippen LogP contribution in [0.25, 0.3) is 0 Å². The van der Waals surface area contributed by atoms with Gasteiger partial charge in [-0.1, -0.05) is 13.8 Å². The van der Waals surface area contributed by atoms with Gasteiger partial charge in [0.2, 0.25) is 0 Å². The first-order valence-electron chi connectivity index (χ1n) is 4.68. The minimum atomic E-state index is 0.464. The van der Waals surface area contributed by atoms with Crippen LogP contribution >= 0.6 is 0 Å². The molecule has 0 fully saturated rings. The molecule has 4 nitrogen and oxygen atoms in total. The lowest BCUT2D eigenvalue weighted by Crippen LogP contribution is -2.17. The van der Waals surface area contributed by atoms with E-state index in [0.29, 0.717) is 17.4 Å². The van der Waals surface area contributed by atoms with Crippen LogP contribution in [0.5, 0.6) is 0 Å². The van der Waals surface area contributed by atoms with Crippen LogP contribution in [0.1, 0.15) is 25.2 Å². The summed E-state index contributed by atoms with van der Waals surface area (Å²) in [6.45, 7) is 6.80. The summed E-state index contributed by atoms with van der Waals surface area (Å²) in [5.41, 5.74) is 7.27. The number of hydrogen-bond acceptors (Lipinski definition) is 3. The van der Waals surface area contributed by atoms with Crippen molar-refractivity contribution >= 4 is 5.84 Å². The predicted molar refractivity (Wildman–Crippen MR) is 57.2 cm³/mol. The number of amidine groups is 1. The van der Waals surface area contributed by atoms with Gasteiger partial charge in [0, 0.05) is 12.7 Å². The third-order valence-electron chi connectivity index (χ3n) is 1.67. The van der Waals surface area contributed by atoms with Gasteiger partial charge in [-0.15, -0.1) is 0 Å². The third-order valence-corrected chi connectivity index (χ3v) is 1.67. The zero-order valence-electron chi connectivity index (χ0n) is 8.86. The summed E-state index contributed by atoms with van der Waals surface area (Å²) in [4.78, 5) is 12.5. The van der Waals surface area contributed by atoms with Crippen molar-refractivity contribution in [1.82, 2.24) is 9.97 Å². The van der Waals surface area contributed by atoms with E-state index >= 15 is 0 Å². The highest BCUT2D eigenvalue weighted by atomic mass is 14.9. The zero-order valence-corrected chi connectivity index (χ0v) is 8.86. The maximum atomic E-state index is 5.74. The smallest absolute Gasteiger partial charge is 0.146 e. The Morgan fingerprint density at radius 1 is 1.43 bits per heavy atom. The van der Waals surface area contributed by atoms with Gasteiger partial charge in [-0.05, 0) is 12.8 Å². The van der Waals surface area contributed by atoms with Crippen molar-refractivity contribution in [3.63, 3.8) is 0 Å². The summed E-state index contributed by atoms with van der Waals surface area (Å²) in [6.07, 6.45) is 3.33. The average molecular weight is 192 g/mol. The normalized spacial score (nSPS) is 12.1. The molecule has 0 atom stereocenters. The quantitative estimate of drug-likeness (QED) is 0.577. The summed E-state index contributed by atoms with van der Waals surface area (Å²) >= 11 is 0. The summed E-state index contributed by atoms with van der Waals surface area (Å²) in [5.74, 6) is 0.971. The van der Waals surface area contributed by atoms with Crippen molar-refractivity contribution in [2.45, 2.75) is 20.8 Å². The van der Waals surface area contributed by atoms with Crippen LogP contribution in [-0.4, -0.2) is 22.3 Å². The lowest BCUT2D eigenvalue weighted by Gasteiger charge is -2.02. The molecule has 0 saturated carbocycles. The summed E-state index contributed by atoms with van der Waals surface area (Å²) in [7, 11) is 0. The number of nitrogens with two attached hydrogens (primary N) is 1. The molecule has 0 bridgehead atoms. The Hall–Kier alpha value is -1.45. The van der Waals surface area contributed by atoms with E-state index in [4.69, 9.17) is 5.73 Å². The van der Waals surface area contributed by atoms with E-state index in [2.05, 4.69) is 28.8 Å². The maximum Gasteiger partial charge on any atom is 0.146 e. The molecule has 0 spiro atoms. The Bertz CT molecular complexity index is 313. The van der Waals surface area contributed by atoms with E-state index in [1.165, 1.54) is 0 Å². The van der Waals surface area contributed by atoms with Crippen molar-refractivity contribution in [1.29, 1.82) is 0 Å². The molecule has 2 N–H and O–H groups in total. The fraction of sp³-hybridized carbons (Fsp3) is 0.500. The summed E-state index contributed by atoms with van der Waals surface area (Å²) in [6, 6.07) is 0. The molecule has 1 aromatic heterocycles. The van der Waals surface area contributed by atoms with Gasteiger partial charge in [-0.25, -0.2) is 4.98 Å². The minimum absolute atomic E-state index is 0.464. The monoisotopic (exact) mass is 192 g/mol. The van der Waals surface area contributed by atoms with Crippen LogP contribution in [-0.2, 0) is 0 Å². The summed E-state index contributed by atoms with van der Waals surface area (Å²) < 4.78 is 0. The minimum Gasteiger partial charge on any atom is -0.382 e. The van der Waals surface area contributed by atoms with Gasteiger partial charge in [0.15, 0.2) is 0 Å². The maximum absolute atomic E-state index is 5.74. The molecular weight excluding hydrogens is 176 g/mol. The van der Waals surface area contributed by atoms with E-state index < -0.39 is 0 Å². The van der Waals surface area contributed by atoms with Gasteiger partial charge >= 0.3 is 0 Å². The van der Waals surface area contributed by atoms with Crippen molar-refractivity contribution in [2.75, 3.05) is 6.54 Å². The number of rotatable bonds is 3. The van der Waals surface area contributed by atoms with Gasteiger partial charge in [0.05, 0.1) is 11.9 Å². The van der Waals surface area contributed by atoms with Crippen LogP contribution in [0.2, 0.25) is 0 Å². The molecule has 76 valence electrons. The lowest BCUT2D eigenvalue weighted by molar-refractivity contribution is 0.665. The Labute approximate surface area is 84.3 Å². The number of aryl methyl sites for hydroxylation is 1. The van der Waals surface area contributed by atoms with Crippen LogP contribution in [0.3, 0.4) is 0 Å². The molecule has 0 aliphatic carbocycles. The predicted octanol–water partition coefficient (Wildman–Crippen LogP) is 1.15. The molecule has 0 amide bonds. The first-order valence-corrected chi connectivity index (χ1v) is 4.68. The first kappa shape index (κ1) is 10.6. The van der Waals surface area contributed by atoms with E-state index in [9.17, 15) is 0 Å².